The molecule has 5 nitrogen and oxygen atoms in total. The van der Waals surface area contributed by atoms with Crippen LogP contribution in [-0.4, -0.2) is 29.9 Å². The van der Waals surface area contributed by atoms with Crippen LogP contribution in [0.4, 0.5) is 0 Å². The molecule has 0 saturated carbocycles. The topological polar surface area (TPSA) is 76.0 Å². The zero-order valence-electron chi connectivity index (χ0n) is 9.14. The van der Waals surface area contributed by atoms with Gasteiger partial charge in [0.05, 0.1) is 6.61 Å². The van der Waals surface area contributed by atoms with Crippen molar-refractivity contribution in [1.82, 2.24) is 0 Å². The molecule has 0 aliphatic heterocycles. The highest BCUT2D eigenvalue weighted by Gasteiger charge is 2.20. The first-order valence-electron chi connectivity index (χ1n) is 4.81. The first-order chi connectivity index (χ1) is 7.60. The highest BCUT2D eigenvalue weighted by molar-refractivity contribution is 5.74. The fourth-order valence-electron chi connectivity index (χ4n) is 1.34. The van der Waals surface area contributed by atoms with Gasteiger partial charge in [0.25, 0.3) is 0 Å². The molecule has 0 amide bonds. The lowest BCUT2D eigenvalue weighted by molar-refractivity contribution is -0.148. The number of phenolic OH excluding ortho intramolecular Hbond substituents is 1. The largest absolute Gasteiger partial charge is 0.504 e. The number of rotatable bonds is 5. The smallest absolute Gasteiger partial charge is 0.337 e. The van der Waals surface area contributed by atoms with Gasteiger partial charge in [0.1, 0.15) is 0 Å². The maximum Gasteiger partial charge on any atom is 0.337 e. The van der Waals surface area contributed by atoms with Crippen molar-refractivity contribution < 1.29 is 24.5 Å². The molecule has 16 heavy (non-hydrogen) atoms. The Morgan fingerprint density at radius 2 is 2.19 bits per heavy atom. The molecular formula is C11H14O5. The minimum atomic E-state index is -1.09. The summed E-state index contributed by atoms with van der Waals surface area (Å²) >= 11 is 0. The van der Waals surface area contributed by atoms with Crippen LogP contribution in [0.2, 0.25) is 0 Å². The fraction of sp³-hybridized carbons (Fsp3) is 0.364. The Kier molecular flexibility index (Phi) is 4.13. The summed E-state index contributed by atoms with van der Waals surface area (Å²) < 4.78 is 9.99. The van der Waals surface area contributed by atoms with Gasteiger partial charge in [-0.05, 0) is 24.6 Å². The number of benzene rings is 1. The van der Waals surface area contributed by atoms with Crippen molar-refractivity contribution in [3.8, 4) is 11.5 Å². The van der Waals surface area contributed by atoms with E-state index in [0.717, 1.165) is 0 Å². The molecule has 1 rings (SSSR count). The first kappa shape index (κ1) is 12.3. The van der Waals surface area contributed by atoms with E-state index in [1.54, 1.807) is 6.92 Å². The van der Waals surface area contributed by atoms with Crippen LogP contribution >= 0.6 is 0 Å². The molecule has 0 saturated heterocycles. The van der Waals surface area contributed by atoms with E-state index >= 15 is 0 Å². The van der Waals surface area contributed by atoms with Crippen LogP contribution < -0.4 is 4.74 Å². The second-order valence-corrected chi connectivity index (χ2v) is 3.11. The number of phenols is 1. The van der Waals surface area contributed by atoms with Gasteiger partial charge >= 0.3 is 5.97 Å². The summed E-state index contributed by atoms with van der Waals surface area (Å²) in [6.07, 6.45) is -1.06. The third-order valence-electron chi connectivity index (χ3n) is 2.05. The molecule has 2 N–H and O–H groups in total. The number of carbonyl (C=O) groups is 1. The zero-order valence-corrected chi connectivity index (χ0v) is 9.14. The summed E-state index contributed by atoms with van der Waals surface area (Å²) in [7, 11) is 1.31. The van der Waals surface area contributed by atoms with Gasteiger partial charge < -0.3 is 19.7 Å². The molecule has 0 aliphatic rings. The number of ether oxygens (including phenoxy) is 2. The van der Waals surface area contributed by atoms with Gasteiger partial charge in [-0.1, -0.05) is 6.07 Å². The molecule has 0 fully saturated rings. The molecule has 88 valence electrons. The highest BCUT2D eigenvalue weighted by Crippen LogP contribution is 2.30. The van der Waals surface area contributed by atoms with Crippen molar-refractivity contribution in [3.05, 3.63) is 23.8 Å². The molecule has 1 aromatic rings. The summed E-state index contributed by atoms with van der Waals surface area (Å²) in [6.45, 7) is 2.17. The van der Waals surface area contributed by atoms with Gasteiger partial charge in [-0.3, -0.25) is 0 Å². The van der Waals surface area contributed by atoms with Crippen LogP contribution in [0.15, 0.2) is 18.2 Å². The van der Waals surface area contributed by atoms with Gasteiger partial charge in [-0.25, -0.2) is 4.79 Å². The molecule has 5 heteroatoms. The summed E-state index contributed by atoms with van der Waals surface area (Å²) in [6, 6.07) is 4.33. The Bertz CT molecular complexity index is 375. The van der Waals surface area contributed by atoms with E-state index in [2.05, 4.69) is 0 Å². The van der Waals surface area contributed by atoms with Gasteiger partial charge in [0, 0.05) is 7.11 Å². The van der Waals surface area contributed by atoms with Crippen LogP contribution in [-0.2, 0) is 9.53 Å². The van der Waals surface area contributed by atoms with Crippen molar-refractivity contribution in [1.29, 1.82) is 0 Å². The standard InChI is InChI=1S/C11H14O5/c1-3-16-9-6-7(4-5-8(9)12)10(15-2)11(13)14/h4-6,10,12H,3H2,1-2H3,(H,13,14). The second kappa shape index (κ2) is 5.37. The fourth-order valence-corrected chi connectivity index (χ4v) is 1.34. The number of carboxylic acid groups (broad SMARTS) is 1. The van der Waals surface area contributed by atoms with Crippen LogP contribution in [0, 0.1) is 0 Å². The van der Waals surface area contributed by atoms with Gasteiger partial charge in [0.2, 0.25) is 0 Å². The number of carboxylic acids is 1. The molecule has 1 unspecified atom stereocenters. The van der Waals surface area contributed by atoms with E-state index in [-0.39, 0.29) is 11.5 Å². The number of hydrogen-bond donors (Lipinski definition) is 2. The highest BCUT2D eigenvalue weighted by atomic mass is 16.5. The second-order valence-electron chi connectivity index (χ2n) is 3.11. The summed E-state index contributed by atoms with van der Waals surface area (Å²) in [5, 5.41) is 18.3. The van der Waals surface area contributed by atoms with Crippen LogP contribution in [0.5, 0.6) is 11.5 Å². The van der Waals surface area contributed by atoms with E-state index in [9.17, 15) is 9.90 Å². The molecular weight excluding hydrogens is 212 g/mol. The van der Waals surface area contributed by atoms with E-state index < -0.39 is 12.1 Å². The number of hydrogen-bond acceptors (Lipinski definition) is 4. The Hall–Kier alpha value is -1.75. The van der Waals surface area contributed by atoms with Crippen molar-refractivity contribution >= 4 is 5.97 Å². The van der Waals surface area contributed by atoms with Crippen molar-refractivity contribution in [3.63, 3.8) is 0 Å². The molecule has 0 radical (unpaired) electrons. The SMILES string of the molecule is CCOc1cc(C(OC)C(=O)O)ccc1O. The minimum Gasteiger partial charge on any atom is -0.504 e. The molecule has 0 bridgehead atoms. The molecule has 1 aromatic carbocycles. The third kappa shape index (κ3) is 2.64. The van der Waals surface area contributed by atoms with Crippen molar-refractivity contribution in [2.45, 2.75) is 13.0 Å². The van der Waals surface area contributed by atoms with Gasteiger partial charge in [0.15, 0.2) is 17.6 Å². The van der Waals surface area contributed by atoms with E-state index in [4.69, 9.17) is 14.6 Å². The normalized spacial score (nSPS) is 12.1. The Labute approximate surface area is 93.2 Å². The minimum absolute atomic E-state index is 0.0224. The van der Waals surface area contributed by atoms with E-state index in [1.165, 1.54) is 25.3 Å². The summed E-state index contributed by atoms with van der Waals surface area (Å²) in [4.78, 5) is 10.9. The summed E-state index contributed by atoms with van der Waals surface area (Å²) in [5.41, 5.74) is 0.427. The third-order valence-corrected chi connectivity index (χ3v) is 2.05. The summed E-state index contributed by atoms with van der Waals surface area (Å²) in [5.74, 6) is -0.857. The number of aromatic hydroxyl groups is 1. The van der Waals surface area contributed by atoms with E-state index in [0.29, 0.717) is 12.2 Å². The molecule has 0 spiro atoms. The first-order valence-corrected chi connectivity index (χ1v) is 4.81. The van der Waals surface area contributed by atoms with Gasteiger partial charge in [-0.2, -0.15) is 0 Å². The predicted octanol–water partition coefficient (Wildman–Crippen LogP) is 1.56. The Morgan fingerprint density at radius 3 is 2.69 bits per heavy atom. The number of methoxy groups -OCH3 is 1. The maximum absolute atomic E-state index is 10.9. The van der Waals surface area contributed by atoms with Crippen LogP contribution in [0.1, 0.15) is 18.6 Å². The Balaban J connectivity index is 3.05. The predicted molar refractivity (Wildman–Crippen MR) is 56.7 cm³/mol. The molecule has 1 atom stereocenters. The van der Waals surface area contributed by atoms with Crippen molar-refractivity contribution in [2.24, 2.45) is 0 Å². The number of aliphatic carboxylic acids is 1. The molecule has 0 aliphatic carbocycles. The average Bonchev–Trinajstić information content (AvgIpc) is 2.23. The lowest BCUT2D eigenvalue weighted by atomic mass is 10.1. The average molecular weight is 226 g/mol. The van der Waals surface area contributed by atoms with Crippen LogP contribution in [0.25, 0.3) is 0 Å². The Morgan fingerprint density at radius 1 is 1.50 bits per heavy atom. The monoisotopic (exact) mass is 226 g/mol. The lowest BCUT2D eigenvalue weighted by Crippen LogP contribution is -2.13. The lowest BCUT2D eigenvalue weighted by Gasteiger charge is -2.13. The van der Waals surface area contributed by atoms with Crippen molar-refractivity contribution in [2.75, 3.05) is 13.7 Å². The van der Waals surface area contributed by atoms with Gasteiger partial charge in [-0.15, -0.1) is 0 Å². The van der Waals surface area contributed by atoms with E-state index in [1.807, 2.05) is 0 Å². The van der Waals surface area contributed by atoms with Crippen LogP contribution in [0.3, 0.4) is 0 Å². The quantitative estimate of drug-likeness (QED) is 0.796. The zero-order chi connectivity index (χ0) is 12.1. The molecule has 0 heterocycles. The maximum atomic E-state index is 10.9. The molecule has 0 aromatic heterocycles.